The third kappa shape index (κ3) is 3.49. The fraction of sp³-hybridized carbons (Fsp3) is 0.875. The van der Waals surface area contributed by atoms with Gasteiger partial charge in [0.05, 0.1) is 11.9 Å². The summed E-state index contributed by atoms with van der Waals surface area (Å²) in [7, 11) is 0. The molecule has 2 heteroatoms. The molecule has 0 fully saturated rings. The van der Waals surface area contributed by atoms with Gasteiger partial charge in [0, 0.05) is 0 Å². The molecule has 0 heterocycles. The van der Waals surface area contributed by atoms with E-state index in [0.717, 1.165) is 6.42 Å². The Labute approximate surface area is 63.5 Å². The van der Waals surface area contributed by atoms with Crippen molar-refractivity contribution >= 4 is 5.84 Å². The Morgan fingerprint density at radius 3 is 2.10 bits per heavy atom. The van der Waals surface area contributed by atoms with E-state index < -0.39 is 0 Å². The van der Waals surface area contributed by atoms with Gasteiger partial charge in [-0.25, -0.2) is 0 Å². The SMILES string of the molecule is CCC(N=C(C)N)C(C)C. The van der Waals surface area contributed by atoms with Crippen molar-refractivity contribution in [1.29, 1.82) is 0 Å². The molecule has 0 aromatic rings. The number of nitrogens with zero attached hydrogens (tertiary/aromatic N) is 1. The monoisotopic (exact) mass is 142 g/mol. The number of nitrogens with two attached hydrogens (primary N) is 1. The zero-order valence-electron chi connectivity index (χ0n) is 7.39. The van der Waals surface area contributed by atoms with Gasteiger partial charge < -0.3 is 5.73 Å². The van der Waals surface area contributed by atoms with Crippen LogP contribution >= 0.6 is 0 Å². The van der Waals surface area contributed by atoms with E-state index in [1.165, 1.54) is 0 Å². The maximum Gasteiger partial charge on any atom is 0.0909 e. The Morgan fingerprint density at radius 2 is 2.00 bits per heavy atom. The molecule has 1 atom stereocenters. The maximum absolute atomic E-state index is 5.46. The average Bonchev–Trinajstić information content (AvgIpc) is 1.81. The molecule has 0 rings (SSSR count). The van der Waals surface area contributed by atoms with Gasteiger partial charge in [-0.15, -0.1) is 0 Å². The summed E-state index contributed by atoms with van der Waals surface area (Å²) < 4.78 is 0. The highest BCUT2D eigenvalue weighted by Gasteiger charge is 2.07. The van der Waals surface area contributed by atoms with Crippen LogP contribution in [-0.2, 0) is 0 Å². The Hall–Kier alpha value is -0.530. The lowest BCUT2D eigenvalue weighted by Gasteiger charge is -2.13. The number of amidine groups is 1. The molecule has 0 amide bonds. The lowest BCUT2D eigenvalue weighted by atomic mass is 10.0. The van der Waals surface area contributed by atoms with Crippen molar-refractivity contribution in [2.45, 2.75) is 40.2 Å². The molecule has 0 saturated heterocycles. The molecule has 1 unspecified atom stereocenters. The van der Waals surface area contributed by atoms with Gasteiger partial charge in [-0.3, -0.25) is 4.99 Å². The maximum atomic E-state index is 5.46. The molecule has 2 nitrogen and oxygen atoms in total. The molecule has 0 radical (unpaired) electrons. The smallest absolute Gasteiger partial charge is 0.0909 e. The van der Waals surface area contributed by atoms with Crippen molar-refractivity contribution in [1.82, 2.24) is 0 Å². The quantitative estimate of drug-likeness (QED) is 0.473. The van der Waals surface area contributed by atoms with E-state index in [1.54, 1.807) is 0 Å². The van der Waals surface area contributed by atoms with Crippen LogP contribution in [0.4, 0.5) is 0 Å². The second kappa shape index (κ2) is 4.31. The third-order valence-corrected chi connectivity index (χ3v) is 1.56. The largest absolute Gasteiger partial charge is 0.388 e. The van der Waals surface area contributed by atoms with Crippen molar-refractivity contribution in [2.24, 2.45) is 16.6 Å². The Kier molecular flexibility index (Phi) is 4.08. The molecule has 0 spiro atoms. The van der Waals surface area contributed by atoms with Crippen LogP contribution < -0.4 is 5.73 Å². The Morgan fingerprint density at radius 1 is 1.50 bits per heavy atom. The zero-order chi connectivity index (χ0) is 8.15. The molecule has 0 saturated carbocycles. The van der Waals surface area contributed by atoms with E-state index in [2.05, 4.69) is 25.8 Å². The van der Waals surface area contributed by atoms with Gasteiger partial charge in [0.25, 0.3) is 0 Å². The first-order chi connectivity index (χ1) is 4.57. The van der Waals surface area contributed by atoms with Gasteiger partial charge in [0.15, 0.2) is 0 Å². The highest BCUT2D eigenvalue weighted by molar-refractivity contribution is 5.77. The fourth-order valence-corrected chi connectivity index (χ4v) is 0.973. The van der Waals surface area contributed by atoms with Crippen LogP contribution in [0.2, 0.25) is 0 Å². The summed E-state index contributed by atoms with van der Waals surface area (Å²) in [5, 5.41) is 0. The predicted octanol–water partition coefficient (Wildman–Crippen LogP) is 1.80. The Balaban J connectivity index is 3.96. The van der Waals surface area contributed by atoms with Crippen LogP contribution in [0, 0.1) is 5.92 Å². The van der Waals surface area contributed by atoms with Gasteiger partial charge in [-0.1, -0.05) is 20.8 Å². The molecule has 0 aromatic heterocycles. The van der Waals surface area contributed by atoms with Gasteiger partial charge in [-0.2, -0.15) is 0 Å². The Bertz CT molecular complexity index is 112. The highest BCUT2D eigenvalue weighted by atomic mass is 14.9. The van der Waals surface area contributed by atoms with Gasteiger partial charge in [-0.05, 0) is 19.3 Å². The minimum atomic E-state index is 0.407. The number of hydrogen-bond acceptors (Lipinski definition) is 1. The molecule has 0 aliphatic rings. The summed E-state index contributed by atoms with van der Waals surface area (Å²) in [6.07, 6.45) is 1.08. The minimum absolute atomic E-state index is 0.407. The summed E-state index contributed by atoms with van der Waals surface area (Å²) in [6.45, 7) is 8.31. The van der Waals surface area contributed by atoms with E-state index in [-0.39, 0.29) is 0 Å². The van der Waals surface area contributed by atoms with Crippen LogP contribution in [-0.4, -0.2) is 11.9 Å². The summed E-state index contributed by atoms with van der Waals surface area (Å²) in [6, 6.07) is 0.407. The molecule has 0 aromatic carbocycles. The lowest BCUT2D eigenvalue weighted by molar-refractivity contribution is 0.483. The first-order valence-electron chi connectivity index (χ1n) is 3.87. The van der Waals surface area contributed by atoms with Crippen molar-refractivity contribution < 1.29 is 0 Å². The zero-order valence-corrected chi connectivity index (χ0v) is 7.39. The first kappa shape index (κ1) is 9.47. The first-order valence-corrected chi connectivity index (χ1v) is 3.87. The van der Waals surface area contributed by atoms with Crippen LogP contribution in [0.15, 0.2) is 4.99 Å². The van der Waals surface area contributed by atoms with Gasteiger partial charge >= 0.3 is 0 Å². The lowest BCUT2D eigenvalue weighted by Crippen LogP contribution is -2.17. The minimum Gasteiger partial charge on any atom is -0.388 e. The molecule has 2 N–H and O–H groups in total. The van der Waals surface area contributed by atoms with Gasteiger partial charge in [0.1, 0.15) is 0 Å². The number of aliphatic imine (C=N–C) groups is 1. The summed E-state index contributed by atoms with van der Waals surface area (Å²) in [5.41, 5.74) is 5.46. The van der Waals surface area contributed by atoms with Crippen LogP contribution in [0.1, 0.15) is 34.1 Å². The van der Waals surface area contributed by atoms with Crippen LogP contribution in [0.3, 0.4) is 0 Å². The van der Waals surface area contributed by atoms with E-state index in [1.807, 2.05) is 6.92 Å². The molecular formula is C8H18N2. The van der Waals surface area contributed by atoms with Crippen LogP contribution in [0.25, 0.3) is 0 Å². The highest BCUT2D eigenvalue weighted by Crippen LogP contribution is 2.09. The molecule has 0 aliphatic carbocycles. The molecule has 0 aliphatic heterocycles. The van der Waals surface area contributed by atoms with Crippen molar-refractivity contribution in [2.75, 3.05) is 0 Å². The molecular weight excluding hydrogens is 124 g/mol. The molecule has 0 bridgehead atoms. The average molecular weight is 142 g/mol. The summed E-state index contributed by atoms with van der Waals surface area (Å²) in [4.78, 5) is 4.29. The van der Waals surface area contributed by atoms with Crippen molar-refractivity contribution in [3.05, 3.63) is 0 Å². The van der Waals surface area contributed by atoms with E-state index >= 15 is 0 Å². The third-order valence-electron chi connectivity index (χ3n) is 1.56. The standard InChI is InChI=1S/C8H18N2/c1-5-8(6(2)3)10-7(4)9/h6,8H,5H2,1-4H3,(H2,9,10). The normalized spacial score (nSPS) is 15.9. The van der Waals surface area contributed by atoms with E-state index in [4.69, 9.17) is 5.73 Å². The molecule has 10 heavy (non-hydrogen) atoms. The predicted molar refractivity (Wildman–Crippen MR) is 46.2 cm³/mol. The second-order valence-corrected chi connectivity index (χ2v) is 2.99. The topological polar surface area (TPSA) is 38.4 Å². The van der Waals surface area contributed by atoms with Crippen LogP contribution in [0.5, 0.6) is 0 Å². The van der Waals surface area contributed by atoms with E-state index in [9.17, 15) is 0 Å². The van der Waals surface area contributed by atoms with Gasteiger partial charge in [0.2, 0.25) is 0 Å². The second-order valence-electron chi connectivity index (χ2n) is 2.99. The summed E-state index contributed by atoms with van der Waals surface area (Å²) >= 11 is 0. The number of hydrogen-bond donors (Lipinski definition) is 1. The fourth-order valence-electron chi connectivity index (χ4n) is 0.973. The van der Waals surface area contributed by atoms with E-state index in [0.29, 0.717) is 17.8 Å². The van der Waals surface area contributed by atoms with Crippen molar-refractivity contribution in [3.8, 4) is 0 Å². The van der Waals surface area contributed by atoms with Crippen molar-refractivity contribution in [3.63, 3.8) is 0 Å². The number of rotatable bonds is 3. The summed E-state index contributed by atoms with van der Waals surface area (Å²) in [5.74, 6) is 1.30. The molecule has 60 valence electrons.